The first-order valence-corrected chi connectivity index (χ1v) is 4.49. The number of rotatable bonds is 5. The van der Waals surface area contributed by atoms with Gasteiger partial charge in [0.2, 0.25) is 0 Å². The summed E-state index contributed by atoms with van der Waals surface area (Å²) < 4.78 is 12.5. The predicted molar refractivity (Wildman–Crippen MR) is 51.3 cm³/mol. The summed E-state index contributed by atoms with van der Waals surface area (Å²) in [6.45, 7) is 0.834. The van der Waals surface area contributed by atoms with Crippen molar-refractivity contribution in [2.45, 2.75) is 6.10 Å². The van der Waals surface area contributed by atoms with Crippen LogP contribution in [0.3, 0.4) is 0 Å². The monoisotopic (exact) mass is 199 g/mol. The van der Waals surface area contributed by atoms with Gasteiger partial charge in [-0.15, -0.1) is 0 Å². The maximum absolute atomic E-state index is 12.5. The third kappa shape index (κ3) is 3.41. The number of nitrogens with one attached hydrogen (secondary N) is 1. The molecular formula is C10H14FNO2. The molecule has 0 radical (unpaired) electrons. The molecule has 14 heavy (non-hydrogen) atoms. The van der Waals surface area contributed by atoms with Gasteiger partial charge in [-0.1, -0.05) is 12.1 Å². The minimum absolute atomic E-state index is 0.0378. The van der Waals surface area contributed by atoms with Crippen LogP contribution in [0.15, 0.2) is 24.3 Å². The molecule has 0 fully saturated rings. The number of halogens is 1. The van der Waals surface area contributed by atoms with Crippen molar-refractivity contribution in [3.8, 4) is 0 Å². The Morgan fingerprint density at radius 1 is 1.29 bits per heavy atom. The predicted octanol–water partition coefficient (Wildman–Crippen LogP) is 0.441. The molecule has 1 unspecified atom stereocenters. The molecule has 0 bridgehead atoms. The van der Waals surface area contributed by atoms with E-state index in [1.54, 1.807) is 12.1 Å². The molecule has 1 aromatic rings. The van der Waals surface area contributed by atoms with Crippen molar-refractivity contribution in [2.24, 2.45) is 0 Å². The van der Waals surface area contributed by atoms with Crippen LogP contribution >= 0.6 is 0 Å². The second-order valence-electron chi connectivity index (χ2n) is 3.00. The summed E-state index contributed by atoms with van der Waals surface area (Å²) in [6.07, 6.45) is -0.665. The van der Waals surface area contributed by atoms with E-state index in [1.165, 1.54) is 12.1 Å². The smallest absolute Gasteiger partial charge is 0.123 e. The van der Waals surface area contributed by atoms with Gasteiger partial charge in [0, 0.05) is 13.1 Å². The molecular weight excluding hydrogens is 185 g/mol. The molecule has 1 atom stereocenters. The van der Waals surface area contributed by atoms with Gasteiger partial charge in [-0.3, -0.25) is 0 Å². The average Bonchev–Trinajstić information content (AvgIpc) is 2.19. The number of hydrogen-bond donors (Lipinski definition) is 3. The van der Waals surface area contributed by atoms with Gasteiger partial charge in [0.15, 0.2) is 0 Å². The lowest BCUT2D eigenvalue weighted by Crippen LogP contribution is -2.24. The Morgan fingerprint density at radius 2 is 1.93 bits per heavy atom. The normalized spacial score (nSPS) is 12.8. The van der Waals surface area contributed by atoms with Crippen molar-refractivity contribution in [1.82, 2.24) is 5.32 Å². The minimum Gasteiger partial charge on any atom is -0.395 e. The fraction of sp³-hybridized carbons (Fsp3) is 0.400. The summed E-state index contributed by atoms with van der Waals surface area (Å²) in [7, 11) is 0. The molecule has 0 aromatic heterocycles. The summed E-state index contributed by atoms with van der Waals surface area (Å²) in [5, 5.41) is 20.9. The zero-order chi connectivity index (χ0) is 10.4. The first kappa shape index (κ1) is 11.1. The lowest BCUT2D eigenvalue weighted by atomic mass is 10.1. The van der Waals surface area contributed by atoms with Crippen LogP contribution in [-0.4, -0.2) is 29.9 Å². The van der Waals surface area contributed by atoms with Crippen molar-refractivity contribution < 1.29 is 14.6 Å². The Labute approximate surface area is 82.2 Å². The Balaban J connectivity index is 2.43. The second-order valence-corrected chi connectivity index (χ2v) is 3.00. The standard InChI is InChI=1S/C10H14FNO2/c11-9-3-1-8(2-4-9)10(14)7-12-5-6-13/h1-4,10,12-14H,5-7H2. The van der Waals surface area contributed by atoms with Gasteiger partial charge in [-0.05, 0) is 17.7 Å². The fourth-order valence-corrected chi connectivity index (χ4v) is 1.12. The van der Waals surface area contributed by atoms with Crippen LogP contribution in [0.4, 0.5) is 4.39 Å². The molecule has 3 N–H and O–H groups in total. The highest BCUT2D eigenvalue weighted by Crippen LogP contribution is 2.11. The van der Waals surface area contributed by atoms with Gasteiger partial charge in [-0.2, -0.15) is 0 Å². The van der Waals surface area contributed by atoms with E-state index in [0.29, 0.717) is 18.7 Å². The van der Waals surface area contributed by atoms with Crippen LogP contribution in [0, 0.1) is 5.82 Å². The Morgan fingerprint density at radius 3 is 2.50 bits per heavy atom. The summed E-state index contributed by atoms with van der Waals surface area (Å²) in [5.41, 5.74) is 0.664. The SMILES string of the molecule is OCCNCC(O)c1ccc(F)cc1. The third-order valence-corrected chi connectivity index (χ3v) is 1.88. The van der Waals surface area contributed by atoms with Crippen molar-refractivity contribution in [2.75, 3.05) is 19.7 Å². The lowest BCUT2D eigenvalue weighted by Gasteiger charge is -2.11. The zero-order valence-corrected chi connectivity index (χ0v) is 7.78. The summed E-state index contributed by atoms with van der Waals surface area (Å²) in [5.74, 6) is -0.315. The maximum Gasteiger partial charge on any atom is 0.123 e. The highest BCUT2D eigenvalue weighted by Gasteiger charge is 2.05. The molecule has 0 aliphatic heterocycles. The first-order chi connectivity index (χ1) is 6.74. The summed E-state index contributed by atoms with van der Waals surface area (Å²) >= 11 is 0. The summed E-state index contributed by atoms with van der Waals surface area (Å²) in [4.78, 5) is 0. The minimum atomic E-state index is -0.665. The van der Waals surface area contributed by atoms with E-state index in [1.807, 2.05) is 0 Å². The quantitative estimate of drug-likeness (QED) is 0.603. The highest BCUT2D eigenvalue weighted by atomic mass is 19.1. The highest BCUT2D eigenvalue weighted by molar-refractivity contribution is 5.18. The van der Waals surface area contributed by atoms with Crippen LogP contribution in [0.1, 0.15) is 11.7 Å². The molecule has 0 saturated carbocycles. The van der Waals surface area contributed by atoms with Crippen molar-refractivity contribution in [3.05, 3.63) is 35.6 Å². The molecule has 0 heterocycles. The van der Waals surface area contributed by atoms with Gasteiger partial charge in [0.25, 0.3) is 0 Å². The van der Waals surface area contributed by atoms with Crippen molar-refractivity contribution in [1.29, 1.82) is 0 Å². The molecule has 0 amide bonds. The molecule has 0 aliphatic carbocycles. The molecule has 4 heteroatoms. The van der Waals surface area contributed by atoms with Crippen LogP contribution < -0.4 is 5.32 Å². The van der Waals surface area contributed by atoms with E-state index in [2.05, 4.69) is 5.32 Å². The molecule has 78 valence electrons. The van der Waals surface area contributed by atoms with Crippen LogP contribution in [0.25, 0.3) is 0 Å². The molecule has 3 nitrogen and oxygen atoms in total. The Bertz CT molecular complexity index is 263. The molecule has 0 spiro atoms. The lowest BCUT2D eigenvalue weighted by molar-refractivity contribution is 0.171. The third-order valence-electron chi connectivity index (χ3n) is 1.88. The first-order valence-electron chi connectivity index (χ1n) is 4.49. The topological polar surface area (TPSA) is 52.5 Å². The van der Waals surface area contributed by atoms with Crippen LogP contribution in [0.5, 0.6) is 0 Å². The van der Waals surface area contributed by atoms with E-state index in [0.717, 1.165) is 0 Å². The van der Waals surface area contributed by atoms with Gasteiger partial charge in [0.05, 0.1) is 12.7 Å². The summed E-state index contributed by atoms with van der Waals surface area (Å²) in [6, 6.07) is 5.70. The number of benzene rings is 1. The fourth-order valence-electron chi connectivity index (χ4n) is 1.12. The van der Waals surface area contributed by atoms with E-state index >= 15 is 0 Å². The van der Waals surface area contributed by atoms with Crippen LogP contribution in [-0.2, 0) is 0 Å². The Hall–Kier alpha value is -0.970. The zero-order valence-electron chi connectivity index (χ0n) is 7.78. The largest absolute Gasteiger partial charge is 0.395 e. The van der Waals surface area contributed by atoms with E-state index in [9.17, 15) is 9.50 Å². The van der Waals surface area contributed by atoms with E-state index in [-0.39, 0.29) is 12.4 Å². The van der Waals surface area contributed by atoms with Crippen molar-refractivity contribution in [3.63, 3.8) is 0 Å². The molecule has 1 rings (SSSR count). The van der Waals surface area contributed by atoms with Crippen molar-refractivity contribution >= 4 is 0 Å². The number of aliphatic hydroxyl groups is 2. The molecule has 1 aromatic carbocycles. The van der Waals surface area contributed by atoms with Gasteiger partial charge in [-0.25, -0.2) is 4.39 Å². The Kier molecular flexibility index (Phi) is 4.52. The van der Waals surface area contributed by atoms with E-state index < -0.39 is 6.10 Å². The maximum atomic E-state index is 12.5. The number of hydrogen-bond acceptors (Lipinski definition) is 3. The van der Waals surface area contributed by atoms with Gasteiger partial charge >= 0.3 is 0 Å². The van der Waals surface area contributed by atoms with Crippen LogP contribution in [0.2, 0.25) is 0 Å². The molecule has 0 aliphatic rings. The molecule has 0 saturated heterocycles. The van der Waals surface area contributed by atoms with Gasteiger partial charge in [0.1, 0.15) is 5.82 Å². The average molecular weight is 199 g/mol. The van der Waals surface area contributed by atoms with Gasteiger partial charge < -0.3 is 15.5 Å². The number of aliphatic hydroxyl groups excluding tert-OH is 2. The van der Waals surface area contributed by atoms with E-state index in [4.69, 9.17) is 5.11 Å². The second kappa shape index (κ2) is 5.70.